The van der Waals surface area contributed by atoms with Crippen LogP contribution < -0.4 is 33.7 Å². The predicted octanol–water partition coefficient (Wildman–Crippen LogP) is 3.39. The van der Waals surface area contributed by atoms with Crippen LogP contribution in [0.4, 0.5) is 0 Å². The van der Waals surface area contributed by atoms with Crippen molar-refractivity contribution < 1.29 is 33.3 Å². The van der Waals surface area contributed by atoms with Crippen molar-refractivity contribution in [1.29, 1.82) is 0 Å². The molecule has 0 bridgehead atoms. The van der Waals surface area contributed by atoms with E-state index in [1.54, 1.807) is 28.4 Å². The molecule has 186 valence electrons. The van der Waals surface area contributed by atoms with E-state index in [1.807, 2.05) is 24.3 Å². The fraction of sp³-hybridized carbons (Fsp3) is 0.458. The number of fused-ring (bicyclic) bond motifs is 1. The van der Waals surface area contributed by atoms with Crippen molar-refractivity contribution in [3.63, 3.8) is 0 Å². The lowest BCUT2D eigenvalue weighted by Gasteiger charge is -2.16. The van der Waals surface area contributed by atoms with E-state index < -0.39 is 0 Å². The molecule has 1 atom stereocenters. The van der Waals surface area contributed by atoms with Crippen molar-refractivity contribution in [1.82, 2.24) is 5.32 Å². The Morgan fingerprint density at radius 3 is 2.50 bits per heavy atom. The number of oxime groups is 1. The maximum atomic E-state index is 5.68. The van der Waals surface area contributed by atoms with Crippen LogP contribution in [0.25, 0.3) is 0 Å². The largest absolute Gasteiger partial charge is 0.493 e. The van der Waals surface area contributed by atoms with Gasteiger partial charge in [-0.3, -0.25) is 0 Å². The lowest BCUT2D eigenvalue weighted by molar-refractivity contribution is 0.0853. The van der Waals surface area contributed by atoms with Crippen LogP contribution in [-0.4, -0.2) is 60.1 Å². The molecule has 0 aliphatic carbocycles. The monoisotopic (exact) mass is 494 g/mol. The summed E-state index contributed by atoms with van der Waals surface area (Å²) in [5.74, 6) is 3.86. The van der Waals surface area contributed by atoms with Gasteiger partial charge in [0.15, 0.2) is 23.0 Å². The number of benzene rings is 2. The summed E-state index contributed by atoms with van der Waals surface area (Å²) < 4.78 is 32.8. The highest BCUT2D eigenvalue weighted by atomic mass is 35.5. The maximum absolute atomic E-state index is 5.68. The van der Waals surface area contributed by atoms with Gasteiger partial charge in [-0.15, -0.1) is 12.4 Å². The van der Waals surface area contributed by atoms with Gasteiger partial charge >= 0.3 is 0 Å². The van der Waals surface area contributed by atoms with Crippen LogP contribution >= 0.6 is 12.4 Å². The second-order valence-electron chi connectivity index (χ2n) is 7.75. The van der Waals surface area contributed by atoms with E-state index >= 15 is 0 Å². The molecular formula is C24H31ClN2O7. The molecular weight excluding hydrogens is 464 g/mol. The number of hydrogen-bond acceptors (Lipinski definition) is 9. The molecule has 4 rings (SSSR count). The van der Waals surface area contributed by atoms with Crippen molar-refractivity contribution in [2.45, 2.75) is 25.4 Å². The van der Waals surface area contributed by atoms with Crippen molar-refractivity contribution in [2.24, 2.45) is 5.16 Å². The minimum Gasteiger partial charge on any atom is -0.493 e. The van der Waals surface area contributed by atoms with Crippen molar-refractivity contribution in [2.75, 3.05) is 48.3 Å². The molecule has 0 saturated carbocycles. The molecule has 1 unspecified atom stereocenters. The summed E-state index contributed by atoms with van der Waals surface area (Å²) >= 11 is 0. The Labute approximate surface area is 205 Å². The highest BCUT2D eigenvalue weighted by molar-refractivity contribution is 5.87. The zero-order valence-corrected chi connectivity index (χ0v) is 20.7. The fourth-order valence-electron chi connectivity index (χ4n) is 4.05. The van der Waals surface area contributed by atoms with Gasteiger partial charge in [-0.05, 0) is 36.7 Å². The molecule has 0 amide bonds. The van der Waals surface area contributed by atoms with Crippen LogP contribution in [0.15, 0.2) is 29.4 Å². The van der Waals surface area contributed by atoms with Gasteiger partial charge in [0.1, 0.15) is 6.10 Å². The van der Waals surface area contributed by atoms with Crippen molar-refractivity contribution >= 4 is 18.1 Å². The Morgan fingerprint density at radius 1 is 0.971 bits per heavy atom. The first kappa shape index (κ1) is 25.6. The molecule has 9 nitrogen and oxygen atoms in total. The summed E-state index contributed by atoms with van der Waals surface area (Å²) in [4.78, 5) is 5.68. The van der Waals surface area contributed by atoms with E-state index in [2.05, 4.69) is 10.5 Å². The summed E-state index contributed by atoms with van der Waals surface area (Å²) in [5.41, 5.74) is 3.09. The van der Waals surface area contributed by atoms with Crippen molar-refractivity contribution in [3.05, 3.63) is 35.4 Å². The van der Waals surface area contributed by atoms with Gasteiger partial charge < -0.3 is 38.6 Å². The van der Waals surface area contributed by atoms with Gasteiger partial charge in [-0.1, -0.05) is 11.2 Å². The van der Waals surface area contributed by atoms with Gasteiger partial charge in [0.2, 0.25) is 18.3 Å². The van der Waals surface area contributed by atoms with Crippen LogP contribution in [0.1, 0.15) is 17.5 Å². The lowest BCUT2D eigenvalue weighted by atomic mass is 10.0. The van der Waals surface area contributed by atoms with Crippen LogP contribution in [0.5, 0.6) is 34.5 Å². The number of rotatable bonds is 11. The summed E-state index contributed by atoms with van der Waals surface area (Å²) in [6, 6.07) is 7.89. The Balaban J connectivity index is 0.00000324. The number of methoxy groups -OCH3 is 4. The fourth-order valence-corrected chi connectivity index (χ4v) is 4.05. The lowest BCUT2D eigenvalue weighted by Crippen LogP contribution is -2.25. The number of halogens is 1. The second-order valence-corrected chi connectivity index (χ2v) is 7.75. The molecule has 2 aromatic rings. The Kier molecular flexibility index (Phi) is 8.95. The molecule has 0 spiro atoms. The van der Waals surface area contributed by atoms with Crippen LogP contribution in [0, 0.1) is 0 Å². The van der Waals surface area contributed by atoms with E-state index in [1.165, 1.54) is 5.56 Å². The number of hydrogen-bond donors (Lipinski definition) is 1. The molecule has 2 aliphatic rings. The first-order valence-corrected chi connectivity index (χ1v) is 10.8. The SMILES string of the molecule is COc1ccc(CCNCC2=NOC(Cc3cc4c(c(OC)c3OC)OCO4)C2)cc1OC.Cl. The minimum atomic E-state index is -0.0772. The summed E-state index contributed by atoms with van der Waals surface area (Å²) in [7, 11) is 6.48. The second kappa shape index (κ2) is 11.9. The molecule has 0 radical (unpaired) electrons. The third-order valence-corrected chi connectivity index (χ3v) is 5.67. The Hall–Kier alpha value is -3.04. The molecule has 0 saturated heterocycles. The first-order chi connectivity index (χ1) is 16.2. The molecule has 1 N–H and O–H groups in total. The summed E-state index contributed by atoms with van der Waals surface area (Å²) in [6.45, 7) is 1.65. The highest BCUT2D eigenvalue weighted by Crippen LogP contribution is 2.49. The Bertz CT molecular complexity index is 1020. The van der Waals surface area contributed by atoms with Crippen LogP contribution in [0.3, 0.4) is 0 Å². The zero-order valence-electron chi connectivity index (χ0n) is 19.8. The molecule has 2 aromatic carbocycles. The van der Waals surface area contributed by atoms with Gasteiger partial charge in [-0.25, -0.2) is 0 Å². The molecule has 34 heavy (non-hydrogen) atoms. The molecule has 0 aromatic heterocycles. The van der Waals surface area contributed by atoms with Gasteiger partial charge in [0, 0.05) is 24.9 Å². The number of nitrogens with zero attached hydrogens (tertiary/aromatic N) is 1. The smallest absolute Gasteiger partial charge is 0.231 e. The average Bonchev–Trinajstić information content (AvgIpc) is 3.50. The molecule has 2 heterocycles. The standard InChI is InChI=1S/C24H30N2O7.ClH/c1-27-19-6-5-15(9-20(19)28-2)7-8-25-13-17-12-18(33-26-17)10-16-11-21-23(32-14-31-21)24(30-4)22(16)29-3;/h5-6,9,11,18,25H,7-8,10,12-14H2,1-4H3;1H. The first-order valence-electron chi connectivity index (χ1n) is 10.8. The summed E-state index contributed by atoms with van der Waals surface area (Å²) in [6.07, 6.45) is 2.15. The minimum absolute atomic E-state index is 0. The van der Waals surface area contributed by atoms with E-state index in [-0.39, 0.29) is 25.3 Å². The highest BCUT2D eigenvalue weighted by Gasteiger charge is 2.29. The van der Waals surface area contributed by atoms with Gasteiger partial charge in [0.25, 0.3) is 0 Å². The quantitative estimate of drug-likeness (QED) is 0.475. The number of ether oxygens (including phenoxy) is 6. The molecule has 10 heteroatoms. The Morgan fingerprint density at radius 2 is 1.76 bits per heavy atom. The average molecular weight is 495 g/mol. The van der Waals surface area contributed by atoms with Gasteiger partial charge in [0.05, 0.1) is 34.2 Å². The molecule has 0 fully saturated rings. The normalized spacial score (nSPS) is 15.8. The van der Waals surface area contributed by atoms with Crippen molar-refractivity contribution in [3.8, 4) is 34.5 Å². The predicted molar refractivity (Wildman–Crippen MR) is 130 cm³/mol. The van der Waals surface area contributed by atoms with Crippen LogP contribution in [0.2, 0.25) is 0 Å². The van der Waals surface area contributed by atoms with E-state index in [0.29, 0.717) is 36.0 Å². The van der Waals surface area contributed by atoms with Gasteiger partial charge in [-0.2, -0.15) is 0 Å². The van der Waals surface area contributed by atoms with E-state index in [0.717, 1.165) is 42.2 Å². The van der Waals surface area contributed by atoms with E-state index in [4.69, 9.17) is 33.3 Å². The maximum Gasteiger partial charge on any atom is 0.231 e. The molecule has 2 aliphatic heterocycles. The third kappa shape index (κ3) is 5.53. The zero-order chi connectivity index (χ0) is 23.2. The summed E-state index contributed by atoms with van der Waals surface area (Å²) in [5, 5.41) is 7.71. The topological polar surface area (TPSA) is 89.0 Å². The number of nitrogens with one attached hydrogen (secondary N) is 1. The van der Waals surface area contributed by atoms with Crippen LogP contribution in [-0.2, 0) is 17.7 Å². The third-order valence-electron chi connectivity index (χ3n) is 5.67. The van der Waals surface area contributed by atoms with E-state index in [9.17, 15) is 0 Å².